The molecule has 1 aromatic rings. The number of hydrogen-bond donors (Lipinski definition) is 1. The smallest absolute Gasteiger partial charge is 0.311 e. The van der Waals surface area contributed by atoms with Crippen LogP contribution in [0.5, 0.6) is 0 Å². The van der Waals surface area contributed by atoms with Crippen LogP contribution >= 0.6 is 0 Å². The van der Waals surface area contributed by atoms with Crippen LogP contribution in [0, 0.1) is 11.3 Å². The third-order valence-electron chi connectivity index (χ3n) is 4.84. The van der Waals surface area contributed by atoms with Crippen molar-refractivity contribution in [3.8, 4) is 0 Å². The summed E-state index contributed by atoms with van der Waals surface area (Å²) in [6, 6.07) is 7.90. The van der Waals surface area contributed by atoms with Crippen molar-refractivity contribution >= 4 is 23.1 Å². The largest absolute Gasteiger partial charge is 0.462 e. The highest BCUT2D eigenvalue weighted by Gasteiger charge is 2.33. The minimum atomic E-state index is -0.570. The first-order valence-corrected chi connectivity index (χ1v) is 10.3. The Balaban J connectivity index is 1.82. The second-order valence-electron chi connectivity index (χ2n) is 8.95. The Morgan fingerprint density at radius 1 is 1.31 bits per heavy atom. The predicted molar refractivity (Wildman–Crippen MR) is 115 cm³/mol. The summed E-state index contributed by atoms with van der Waals surface area (Å²) >= 11 is 0. The molecule has 1 N–H and O–H groups in total. The van der Waals surface area contributed by atoms with E-state index in [1.165, 1.54) is 0 Å². The number of ether oxygens (including phenoxy) is 3. The van der Waals surface area contributed by atoms with Crippen LogP contribution in [0.3, 0.4) is 0 Å². The summed E-state index contributed by atoms with van der Waals surface area (Å²) in [5, 5.41) is 3.43. The Labute approximate surface area is 173 Å². The van der Waals surface area contributed by atoms with Gasteiger partial charge in [-0.05, 0) is 56.9 Å². The fraction of sp³-hybridized carbons (Fsp3) is 0.565. The van der Waals surface area contributed by atoms with Crippen molar-refractivity contribution in [3.05, 3.63) is 35.9 Å². The van der Waals surface area contributed by atoms with E-state index >= 15 is 0 Å². The van der Waals surface area contributed by atoms with E-state index in [2.05, 4.69) is 19.2 Å². The van der Waals surface area contributed by atoms with Gasteiger partial charge in [-0.15, -0.1) is 0 Å². The number of nitrogens with one attached hydrogen (secondary N) is 1. The first kappa shape index (κ1) is 21.5. The fourth-order valence-corrected chi connectivity index (χ4v) is 3.05. The van der Waals surface area contributed by atoms with Crippen LogP contribution in [0.2, 0.25) is 0 Å². The lowest BCUT2D eigenvalue weighted by Crippen LogP contribution is -2.41. The molecule has 0 spiro atoms. The normalized spacial score (nSPS) is 21.3. The van der Waals surface area contributed by atoms with Crippen LogP contribution in [0.25, 0.3) is 0 Å². The molecular formula is C23H32N2O4. The van der Waals surface area contributed by atoms with Gasteiger partial charge in [-0.1, -0.05) is 26.0 Å². The van der Waals surface area contributed by atoms with Gasteiger partial charge in [0.1, 0.15) is 12.7 Å². The van der Waals surface area contributed by atoms with E-state index in [-0.39, 0.29) is 12.6 Å². The Bertz CT molecular complexity index is 792. The zero-order valence-electron chi connectivity index (χ0n) is 18.0. The highest BCUT2D eigenvalue weighted by atomic mass is 16.7. The Morgan fingerprint density at radius 3 is 2.79 bits per heavy atom. The molecule has 2 heterocycles. The molecule has 0 unspecified atom stereocenters. The topological polar surface area (TPSA) is 69.1 Å². The molecule has 0 saturated heterocycles. The Morgan fingerprint density at radius 2 is 2.07 bits per heavy atom. The molecule has 0 fully saturated rings. The predicted octanol–water partition coefficient (Wildman–Crippen LogP) is 4.49. The third kappa shape index (κ3) is 5.67. The minimum absolute atomic E-state index is 0.110. The maximum Gasteiger partial charge on any atom is 0.311 e. The number of para-hydroxylation sites is 2. The van der Waals surface area contributed by atoms with E-state index in [1.807, 2.05) is 51.1 Å². The molecule has 0 amide bonds. The second-order valence-corrected chi connectivity index (χ2v) is 8.95. The molecule has 1 aromatic carbocycles. The van der Waals surface area contributed by atoms with E-state index in [0.29, 0.717) is 19.1 Å². The van der Waals surface area contributed by atoms with Gasteiger partial charge in [0.15, 0.2) is 6.29 Å². The number of carbonyl (C=O) groups is 1. The van der Waals surface area contributed by atoms with Crippen LogP contribution in [0.1, 0.15) is 41.0 Å². The second kappa shape index (κ2) is 9.09. The van der Waals surface area contributed by atoms with E-state index in [1.54, 1.807) is 0 Å². The average Bonchev–Trinajstić information content (AvgIpc) is 2.84. The zero-order chi connectivity index (χ0) is 21.0. The number of anilines is 1. The molecule has 0 aliphatic carbocycles. The van der Waals surface area contributed by atoms with Crippen LogP contribution in [0.15, 0.2) is 40.9 Å². The quantitative estimate of drug-likeness (QED) is 0.713. The number of aliphatic imine (C=N–C) groups is 1. The first-order valence-electron chi connectivity index (χ1n) is 10.3. The molecule has 2 atom stereocenters. The standard InChI is InChI=1S/C23H32N2O4/c1-15(2)10-11-27-20-12-16-13-24-17-8-6-7-9-18(17)25-21(16)19(29-20)14-28-22(26)23(3,4)5/h6-9,12,15,19-20,24H,10-11,13-14H2,1-5H3/t19-,20+/m1/s1. The van der Waals surface area contributed by atoms with Crippen molar-refractivity contribution in [2.24, 2.45) is 16.3 Å². The lowest BCUT2D eigenvalue weighted by atomic mass is 9.97. The summed E-state index contributed by atoms with van der Waals surface area (Å²) in [5.74, 6) is 0.295. The first-order chi connectivity index (χ1) is 13.7. The third-order valence-corrected chi connectivity index (χ3v) is 4.84. The molecule has 2 aliphatic rings. The molecule has 158 valence electrons. The molecule has 0 radical (unpaired) electrons. The van der Waals surface area contributed by atoms with Gasteiger partial charge in [0, 0.05) is 6.54 Å². The summed E-state index contributed by atoms with van der Waals surface area (Å²) in [6.07, 6.45) is 1.97. The Hall–Kier alpha value is -2.18. The zero-order valence-corrected chi connectivity index (χ0v) is 18.0. The van der Waals surface area contributed by atoms with Gasteiger partial charge >= 0.3 is 5.97 Å². The number of fused-ring (bicyclic) bond motifs is 2. The van der Waals surface area contributed by atoms with Crippen molar-refractivity contribution in [1.29, 1.82) is 0 Å². The van der Waals surface area contributed by atoms with Crippen LogP contribution in [-0.2, 0) is 19.0 Å². The summed E-state index contributed by atoms with van der Waals surface area (Å²) in [6.45, 7) is 11.2. The van der Waals surface area contributed by atoms with E-state index in [0.717, 1.165) is 29.1 Å². The average molecular weight is 401 g/mol. The van der Waals surface area contributed by atoms with Crippen molar-refractivity contribution < 1.29 is 19.0 Å². The van der Waals surface area contributed by atoms with Crippen LogP contribution in [-0.4, -0.2) is 43.8 Å². The number of benzene rings is 1. The SMILES string of the molecule is CC(C)CCO[C@@H]1C=C2CNc3ccccc3N=C2[C@@H](COC(=O)C(C)(C)C)O1. The van der Waals surface area contributed by atoms with Gasteiger partial charge in [-0.2, -0.15) is 0 Å². The highest BCUT2D eigenvalue weighted by molar-refractivity contribution is 6.07. The van der Waals surface area contributed by atoms with Gasteiger partial charge in [-0.25, -0.2) is 4.99 Å². The molecule has 3 rings (SSSR count). The molecule has 29 heavy (non-hydrogen) atoms. The van der Waals surface area contributed by atoms with Crippen molar-refractivity contribution in [2.75, 3.05) is 25.1 Å². The highest BCUT2D eigenvalue weighted by Crippen LogP contribution is 2.31. The van der Waals surface area contributed by atoms with E-state index in [9.17, 15) is 4.79 Å². The van der Waals surface area contributed by atoms with Crippen molar-refractivity contribution in [2.45, 2.75) is 53.4 Å². The number of carbonyl (C=O) groups excluding carboxylic acids is 1. The van der Waals surface area contributed by atoms with E-state index < -0.39 is 17.8 Å². The monoisotopic (exact) mass is 400 g/mol. The van der Waals surface area contributed by atoms with Crippen molar-refractivity contribution in [3.63, 3.8) is 0 Å². The van der Waals surface area contributed by atoms with Gasteiger partial charge in [0.2, 0.25) is 0 Å². The van der Waals surface area contributed by atoms with Gasteiger partial charge in [0.25, 0.3) is 0 Å². The Kier molecular flexibility index (Phi) is 6.75. The summed E-state index contributed by atoms with van der Waals surface area (Å²) in [7, 11) is 0. The molecule has 0 bridgehead atoms. The molecule has 6 nitrogen and oxygen atoms in total. The molecular weight excluding hydrogens is 368 g/mol. The van der Waals surface area contributed by atoms with Gasteiger partial charge in [0.05, 0.1) is 29.1 Å². The number of nitrogens with zero attached hydrogens (tertiary/aromatic N) is 1. The lowest BCUT2D eigenvalue weighted by Gasteiger charge is -2.31. The molecule has 0 saturated carbocycles. The maximum atomic E-state index is 12.3. The number of esters is 1. The number of rotatable bonds is 6. The fourth-order valence-electron chi connectivity index (χ4n) is 3.05. The number of hydrogen-bond acceptors (Lipinski definition) is 6. The molecule has 2 aliphatic heterocycles. The van der Waals surface area contributed by atoms with Crippen LogP contribution in [0.4, 0.5) is 11.4 Å². The lowest BCUT2D eigenvalue weighted by molar-refractivity contribution is -0.166. The molecule has 0 aromatic heterocycles. The summed E-state index contributed by atoms with van der Waals surface area (Å²) < 4.78 is 17.6. The van der Waals surface area contributed by atoms with Gasteiger partial charge in [-0.3, -0.25) is 4.79 Å². The minimum Gasteiger partial charge on any atom is -0.462 e. The van der Waals surface area contributed by atoms with Gasteiger partial charge < -0.3 is 19.5 Å². The summed E-state index contributed by atoms with van der Waals surface area (Å²) in [5.41, 5.74) is 3.05. The van der Waals surface area contributed by atoms with Crippen molar-refractivity contribution in [1.82, 2.24) is 0 Å². The maximum absolute atomic E-state index is 12.3. The van der Waals surface area contributed by atoms with Crippen LogP contribution < -0.4 is 5.32 Å². The van der Waals surface area contributed by atoms with E-state index in [4.69, 9.17) is 19.2 Å². The summed E-state index contributed by atoms with van der Waals surface area (Å²) in [4.78, 5) is 17.1. The molecule has 6 heteroatoms.